The summed E-state index contributed by atoms with van der Waals surface area (Å²) in [4.78, 5) is 12.3. The number of aliphatic hydroxyl groups excluding tert-OH is 1. The van der Waals surface area contributed by atoms with Crippen molar-refractivity contribution in [2.75, 3.05) is 20.3 Å². The Bertz CT molecular complexity index is 680. The van der Waals surface area contributed by atoms with Gasteiger partial charge in [-0.1, -0.05) is 0 Å². The van der Waals surface area contributed by atoms with Crippen LogP contribution in [0.5, 0.6) is 0 Å². The van der Waals surface area contributed by atoms with Gasteiger partial charge in [0.2, 0.25) is 0 Å². The molecule has 1 heterocycles. The minimum atomic E-state index is -0.746. The number of methoxy groups -OCH3 is 1. The second-order valence-electron chi connectivity index (χ2n) is 5.42. The number of hydrogen-bond donors (Lipinski definition) is 2. The second-order valence-corrected chi connectivity index (χ2v) is 5.42. The van der Waals surface area contributed by atoms with Crippen LogP contribution in [0.4, 0.5) is 4.39 Å². The summed E-state index contributed by atoms with van der Waals surface area (Å²) in [6.45, 7) is 3.99. The fourth-order valence-electron chi connectivity index (χ4n) is 2.54. The summed E-state index contributed by atoms with van der Waals surface area (Å²) in [5.74, 6) is -0.567. The van der Waals surface area contributed by atoms with Crippen LogP contribution >= 0.6 is 0 Å². The van der Waals surface area contributed by atoms with Gasteiger partial charge in [0.15, 0.2) is 0 Å². The topological polar surface area (TPSA) is 63.5 Å². The van der Waals surface area contributed by atoms with Gasteiger partial charge >= 0.3 is 0 Å². The highest BCUT2D eigenvalue weighted by molar-refractivity contribution is 5.95. The van der Waals surface area contributed by atoms with Crippen LogP contribution < -0.4 is 5.32 Å². The van der Waals surface area contributed by atoms with Gasteiger partial charge in [-0.3, -0.25) is 4.79 Å². The average molecular weight is 320 g/mol. The molecule has 6 heteroatoms. The van der Waals surface area contributed by atoms with Crippen LogP contribution in [0.1, 0.15) is 21.7 Å². The number of nitrogens with one attached hydrogen (secondary N) is 1. The second kappa shape index (κ2) is 7.39. The molecule has 0 fully saturated rings. The number of aryl methyl sites for hydroxylation is 1. The zero-order chi connectivity index (χ0) is 17.0. The number of aromatic nitrogens is 1. The maximum absolute atomic E-state index is 13.1. The molecule has 1 atom stereocenters. The lowest BCUT2D eigenvalue weighted by molar-refractivity contribution is 0.0609. The van der Waals surface area contributed by atoms with Gasteiger partial charge in [0, 0.05) is 30.7 Å². The first kappa shape index (κ1) is 17.2. The van der Waals surface area contributed by atoms with E-state index in [0.29, 0.717) is 5.56 Å². The van der Waals surface area contributed by atoms with E-state index in [0.717, 1.165) is 17.1 Å². The Balaban J connectivity index is 2.20. The van der Waals surface area contributed by atoms with Gasteiger partial charge in [0.05, 0.1) is 18.3 Å². The highest BCUT2D eigenvalue weighted by Gasteiger charge is 2.17. The smallest absolute Gasteiger partial charge is 0.253 e. The van der Waals surface area contributed by atoms with E-state index in [1.807, 2.05) is 18.4 Å². The third-order valence-electron chi connectivity index (χ3n) is 3.62. The monoisotopic (exact) mass is 320 g/mol. The Morgan fingerprint density at radius 1 is 1.35 bits per heavy atom. The number of hydrogen-bond acceptors (Lipinski definition) is 3. The average Bonchev–Trinajstić information content (AvgIpc) is 2.81. The minimum absolute atomic E-state index is 0.118. The standard InChI is InChI=1S/C17H21FN2O3/c1-11-8-16(17(22)19-9-15(21)10-23-3)12(2)20(11)14-6-4-13(18)5-7-14/h4-8,15,21H,9-10H2,1-3H3,(H,19,22). The molecule has 1 aromatic heterocycles. The van der Waals surface area contributed by atoms with E-state index < -0.39 is 6.10 Å². The Labute approximate surface area is 134 Å². The predicted molar refractivity (Wildman–Crippen MR) is 85.4 cm³/mol. The molecule has 2 rings (SSSR count). The van der Waals surface area contributed by atoms with Crippen molar-refractivity contribution >= 4 is 5.91 Å². The van der Waals surface area contributed by atoms with Crippen molar-refractivity contribution in [3.63, 3.8) is 0 Å². The van der Waals surface area contributed by atoms with Crippen molar-refractivity contribution < 1.29 is 19.0 Å². The van der Waals surface area contributed by atoms with Gasteiger partial charge in [-0.25, -0.2) is 4.39 Å². The van der Waals surface area contributed by atoms with Gasteiger partial charge in [0.25, 0.3) is 5.91 Å². The van der Waals surface area contributed by atoms with E-state index in [1.165, 1.54) is 19.2 Å². The summed E-state index contributed by atoms with van der Waals surface area (Å²) in [6.07, 6.45) is -0.746. The summed E-state index contributed by atoms with van der Waals surface area (Å²) >= 11 is 0. The molecular formula is C17H21FN2O3. The van der Waals surface area contributed by atoms with Crippen molar-refractivity contribution in [2.45, 2.75) is 20.0 Å². The van der Waals surface area contributed by atoms with Crippen molar-refractivity contribution in [1.82, 2.24) is 9.88 Å². The molecule has 5 nitrogen and oxygen atoms in total. The summed E-state index contributed by atoms with van der Waals surface area (Å²) in [5.41, 5.74) is 2.95. The van der Waals surface area contributed by atoms with Crippen molar-refractivity contribution in [2.24, 2.45) is 0 Å². The molecule has 0 aliphatic rings. The SMILES string of the molecule is COCC(O)CNC(=O)c1cc(C)n(-c2ccc(F)cc2)c1C. The van der Waals surface area contributed by atoms with Gasteiger partial charge < -0.3 is 19.7 Å². The van der Waals surface area contributed by atoms with Gasteiger partial charge in [-0.2, -0.15) is 0 Å². The Morgan fingerprint density at radius 3 is 2.61 bits per heavy atom. The van der Waals surface area contributed by atoms with Crippen molar-refractivity contribution in [3.05, 3.63) is 53.1 Å². The molecule has 1 unspecified atom stereocenters. The first-order valence-electron chi connectivity index (χ1n) is 7.34. The molecule has 0 radical (unpaired) electrons. The molecule has 0 spiro atoms. The van der Waals surface area contributed by atoms with Crippen molar-refractivity contribution in [3.8, 4) is 5.69 Å². The summed E-state index contributed by atoms with van der Waals surface area (Å²) < 4.78 is 19.8. The van der Waals surface area contributed by atoms with Crippen LogP contribution in [0.2, 0.25) is 0 Å². The van der Waals surface area contributed by atoms with Crippen LogP contribution in [-0.4, -0.2) is 41.9 Å². The van der Waals surface area contributed by atoms with E-state index >= 15 is 0 Å². The van der Waals surface area contributed by atoms with Gasteiger partial charge in [-0.05, 0) is 44.2 Å². The number of halogens is 1. The van der Waals surface area contributed by atoms with E-state index in [9.17, 15) is 14.3 Å². The first-order chi connectivity index (χ1) is 10.9. The minimum Gasteiger partial charge on any atom is -0.389 e. The van der Waals surface area contributed by atoms with Gasteiger partial charge in [0.1, 0.15) is 5.82 Å². The fraction of sp³-hybridized carbons (Fsp3) is 0.353. The zero-order valence-corrected chi connectivity index (χ0v) is 13.5. The Hall–Kier alpha value is -2.18. The zero-order valence-electron chi connectivity index (χ0n) is 13.5. The van der Waals surface area contributed by atoms with E-state index in [2.05, 4.69) is 5.32 Å². The normalized spacial score (nSPS) is 12.2. The Morgan fingerprint density at radius 2 is 2.00 bits per heavy atom. The number of aliphatic hydroxyl groups is 1. The summed E-state index contributed by atoms with van der Waals surface area (Å²) in [7, 11) is 1.49. The third-order valence-corrected chi connectivity index (χ3v) is 3.62. The number of benzene rings is 1. The van der Waals surface area contributed by atoms with Crippen LogP contribution in [0, 0.1) is 19.7 Å². The largest absolute Gasteiger partial charge is 0.389 e. The highest BCUT2D eigenvalue weighted by atomic mass is 19.1. The molecule has 0 saturated carbocycles. The maximum atomic E-state index is 13.1. The van der Waals surface area contributed by atoms with Crippen LogP contribution in [-0.2, 0) is 4.74 Å². The number of amides is 1. The lowest BCUT2D eigenvalue weighted by atomic mass is 10.2. The molecule has 2 aromatic rings. The summed E-state index contributed by atoms with van der Waals surface area (Å²) in [6, 6.07) is 7.87. The van der Waals surface area contributed by atoms with E-state index in [-0.39, 0.29) is 24.9 Å². The lowest BCUT2D eigenvalue weighted by Crippen LogP contribution is -2.34. The highest BCUT2D eigenvalue weighted by Crippen LogP contribution is 2.21. The molecule has 0 aliphatic carbocycles. The summed E-state index contributed by atoms with van der Waals surface area (Å²) in [5, 5.41) is 12.3. The maximum Gasteiger partial charge on any atom is 0.253 e. The molecule has 23 heavy (non-hydrogen) atoms. The number of nitrogens with zero attached hydrogens (tertiary/aromatic N) is 1. The molecule has 0 aliphatic heterocycles. The molecule has 1 amide bonds. The molecular weight excluding hydrogens is 299 g/mol. The number of ether oxygens (including phenoxy) is 1. The fourth-order valence-corrected chi connectivity index (χ4v) is 2.54. The molecule has 0 saturated heterocycles. The number of carbonyl (C=O) groups is 1. The van der Waals surface area contributed by atoms with Crippen molar-refractivity contribution in [1.29, 1.82) is 0 Å². The molecule has 0 bridgehead atoms. The Kier molecular flexibility index (Phi) is 5.52. The third kappa shape index (κ3) is 3.97. The van der Waals surface area contributed by atoms with Gasteiger partial charge in [-0.15, -0.1) is 0 Å². The number of carbonyl (C=O) groups excluding carboxylic acids is 1. The quantitative estimate of drug-likeness (QED) is 0.855. The first-order valence-corrected chi connectivity index (χ1v) is 7.34. The number of rotatable bonds is 6. The van der Waals surface area contributed by atoms with Crippen LogP contribution in [0.3, 0.4) is 0 Å². The van der Waals surface area contributed by atoms with Crippen LogP contribution in [0.15, 0.2) is 30.3 Å². The molecule has 2 N–H and O–H groups in total. The lowest BCUT2D eigenvalue weighted by Gasteiger charge is -2.12. The van der Waals surface area contributed by atoms with E-state index in [1.54, 1.807) is 18.2 Å². The molecule has 124 valence electrons. The van der Waals surface area contributed by atoms with E-state index in [4.69, 9.17) is 4.74 Å². The molecule has 1 aromatic carbocycles. The predicted octanol–water partition coefficient (Wildman–Crippen LogP) is 1.97. The van der Waals surface area contributed by atoms with Crippen LogP contribution in [0.25, 0.3) is 5.69 Å².